The van der Waals surface area contributed by atoms with Gasteiger partial charge in [0.05, 0.1) is 12.5 Å². The van der Waals surface area contributed by atoms with Crippen molar-refractivity contribution in [3.8, 4) is 6.07 Å². The quantitative estimate of drug-likeness (QED) is 0.543. The van der Waals surface area contributed by atoms with Crippen molar-refractivity contribution in [2.45, 2.75) is 33.1 Å². The van der Waals surface area contributed by atoms with Crippen molar-refractivity contribution in [2.75, 3.05) is 23.8 Å². The van der Waals surface area contributed by atoms with Crippen LogP contribution in [0, 0.1) is 25.2 Å². The molecule has 1 amide bonds. The number of amides is 1. The van der Waals surface area contributed by atoms with E-state index < -0.39 is 12.6 Å². The topological polar surface area (TPSA) is 140 Å². The van der Waals surface area contributed by atoms with Crippen LogP contribution in [0.3, 0.4) is 0 Å². The van der Waals surface area contributed by atoms with Crippen LogP contribution in [0.1, 0.15) is 29.8 Å². The molecule has 0 spiro atoms. The molecule has 3 rings (SSSR count). The molecule has 0 aliphatic rings. The zero-order valence-corrected chi connectivity index (χ0v) is 17.4. The molecular formula is C21H23N7O3. The molecule has 0 aliphatic heterocycles. The fourth-order valence-corrected chi connectivity index (χ4v) is 3.27. The summed E-state index contributed by atoms with van der Waals surface area (Å²) in [6, 6.07) is 11.0. The van der Waals surface area contributed by atoms with Crippen molar-refractivity contribution in [1.29, 1.82) is 5.26 Å². The zero-order valence-electron chi connectivity index (χ0n) is 17.4. The Kier molecular flexibility index (Phi) is 6.77. The first-order valence-corrected chi connectivity index (χ1v) is 9.77. The number of esters is 1. The van der Waals surface area contributed by atoms with Gasteiger partial charge in [-0.25, -0.2) is 4.98 Å². The molecule has 10 heteroatoms. The number of hydrogen-bond acceptors (Lipinski definition) is 8. The Morgan fingerprint density at radius 2 is 1.97 bits per heavy atom. The van der Waals surface area contributed by atoms with E-state index in [4.69, 9.17) is 15.7 Å². The number of ether oxygens (including phenoxy) is 1. The summed E-state index contributed by atoms with van der Waals surface area (Å²) in [4.78, 5) is 34.7. The highest BCUT2D eigenvalue weighted by atomic mass is 16.5. The van der Waals surface area contributed by atoms with Gasteiger partial charge in [-0.15, -0.1) is 5.10 Å². The van der Waals surface area contributed by atoms with Crippen molar-refractivity contribution < 1.29 is 14.3 Å². The lowest BCUT2D eigenvalue weighted by Gasteiger charge is -2.21. The number of nitriles is 1. The molecule has 31 heavy (non-hydrogen) atoms. The summed E-state index contributed by atoms with van der Waals surface area (Å²) in [5.41, 5.74) is 8.66. The van der Waals surface area contributed by atoms with Crippen LogP contribution in [0.15, 0.2) is 30.3 Å². The van der Waals surface area contributed by atoms with Crippen LogP contribution < -0.4 is 10.6 Å². The highest BCUT2D eigenvalue weighted by molar-refractivity contribution is 5.95. The molecule has 0 unspecified atom stereocenters. The number of rotatable bonds is 8. The molecule has 0 saturated carbocycles. The van der Waals surface area contributed by atoms with Gasteiger partial charge in [0, 0.05) is 30.0 Å². The Hall–Kier alpha value is -4.00. The third-order valence-electron chi connectivity index (χ3n) is 4.82. The van der Waals surface area contributed by atoms with Crippen molar-refractivity contribution in [3.05, 3.63) is 47.3 Å². The SMILES string of the molecule is Cc1nc2nc(N)nn2c(C)c1CCC(=O)OCC(=O)N(CCC#N)c1ccccc1. The van der Waals surface area contributed by atoms with Crippen molar-refractivity contribution in [3.63, 3.8) is 0 Å². The highest BCUT2D eigenvalue weighted by Gasteiger charge is 2.18. The normalized spacial score (nSPS) is 10.6. The van der Waals surface area contributed by atoms with Crippen LogP contribution in [0.5, 0.6) is 0 Å². The van der Waals surface area contributed by atoms with Crippen molar-refractivity contribution in [2.24, 2.45) is 0 Å². The summed E-state index contributed by atoms with van der Waals surface area (Å²) in [6.07, 6.45) is 0.634. The Morgan fingerprint density at radius 1 is 1.23 bits per heavy atom. The minimum atomic E-state index is -0.501. The van der Waals surface area contributed by atoms with Gasteiger partial charge in [0.2, 0.25) is 5.95 Å². The number of nitrogen functional groups attached to an aromatic ring is 1. The van der Waals surface area contributed by atoms with Crippen molar-refractivity contribution in [1.82, 2.24) is 19.6 Å². The first kappa shape index (κ1) is 21.7. The Labute approximate surface area is 179 Å². The van der Waals surface area contributed by atoms with Gasteiger partial charge in [-0.2, -0.15) is 14.8 Å². The average Bonchev–Trinajstić information content (AvgIpc) is 3.13. The summed E-state index contributed by atoms with van der Waals surface area (Å²) in [7, 11) is 0. The molecule has 2 N–H and O–H groups in total. The van der Waals surface area contributed by atoms with Gasteiger partial charge in [-0.1, -0.05) is 18.2 Å². The largest absolute Gasteiger partial charge is 0.456 e. The number of benzene rings is 1. The minimum absolute atomic E-state index is 0.0792. The Balaban J connectivity index is 1.60. The second kappa shape index (κ2) is 9.67. The van der Waals surface area contributed by atoms with E-state index in [0.717, 1.165) is 17.0 Å². The molecule has 10 nitrogen and oxygen atoms in total. The molecule has 0 bridgehead atoms. The van der Waals surface area contributed by atoms with E-state index in [-0.39, 0.29) is 31.2 Å². The number of nitrogens with two attached hydrogens (primary N) is 1. The van der Waals surface area contributed by atoms with E-state index in [2.05, 4.69) is 15.1 Å². The first-order chi connectivity index (χ1) is 14.9. The fraction of sp³-hybridized carbons (Fsp3) is 0.333. The Morgan fingerprint density at radius 3 is 2.68 bits per heavy atom. The lowest BCUT2D eigenvalue weighted by atomic mass is 10.1. The second-order valence-electron chi connectivity index (χ2n) is 6.89. The molecule has 2 aromatic heterocycles. The molecule has 0 saturated heterocycles. The number of aromatic nitrogens is 4. The lowest BCUT2D eigenvalue weighted by molar-refractivity contribution is -0.147. The van der Waals surface area contributed by atoms with Gasteiger partial charge in [0.15, 0.2) is 6.61 Å². The van der Waals surface area contributed by atoms with E-state index in [1.807, 2.05) is 26.0 Å². The van der Waals surface area contributed by atoms with Crippen molar-refractivity contribution >= 4 is 29.3 Å². The number of carbonyl (C=O) groups excluding carboxylic acids is 2. The predicted molar refractivity (Wildman–Crippen MR) is 113 cm³/mol. The maximum atomic E-state index is 12.6. The third kappa shape index (κ3) is 5.14. The summed E-state index contributed by atoms with van der Waals surface area (Å²) >= 11 is 0. The number of carbonyl (C=O) groups is 2. The smallest absolute Gasteiger partial charge is 0.306 e. The van der Waals surface area contributed by atoms with Gasteiger partial charge in [-0.3, -0.25) is 9.59 Å². The first-order valence-electron chi connectivity index (χ1n) is 9.77. The molecule has 0 atom stereocenters. The summed E-state index contributed by atoms with van der Waals surface area (Å²) in [5, 5.41) is 13.0. The molecule has 2 heterocycles. The van der Waals surface area contributed by atoms with Gasteiger partial charge >= 0.3 is 5.97 Å². The standard InChI is InChI=1S/C21H23N7O3/c1-14-17(15(2)28-21(24-14)25-20(23)26-28)9-10-19(30)31-13-18(29)27(12-6-11-22)16-7-4-3-5-8-16/h3-5,7-8H,6,9-10,12-13H2,1-2H3,(H2,23,26). The molecule has 0 fully saturated rings. The predicted octanol–water partition coefficient (Wildman–Crippen LogP) is 1.75. The Bertz CT molecular complexity index is 1140. The highest BCUT2D eigenvalue weighted by Crippen LogP contribution is 2.17. The number of para-hydroxylation sites is 1. The maximum Gasteiger partial charge on any atom is 0.306 e. The monoisotopic (exact) mass is 421 g/mol. The lowest BCUT2D eigenvalue weighted by Crippen LogP contribution is -2.35. The molecule has 0 aliphatic carbocycles. The van der Waals surface area contributed by atoms with E-state index in [1.54, 1.807) is 28.8 Å². The van der Waals surface area contributed by atoms with E-state index in [1.165, 1.54) is 4.90 Å². The van der Waals surface area contributed by atoms with Gasteiger partial charge in [0.1, 0.15) is 0 Å². The minimum Gasteiger partial charge on any atom is -0.456 e. The van der Waals surface area contributed by atoms with Gasteiger partial charge in [0.25, 0.3) is 11.7 Å². The number of nitrogens with zero attached hydrogens (tertiary/aromatic N) is 6. The van der Waals surface area contributed by atoms with Crippen LogP contribution in [0.2, 0.25) is 0 Å². The van der Waals surface area contributed by atoms with E-state index in [9.17, 15) is 9.59 Å². The number of anilines is 2. The van der Waals surface area contributed by atoms with Crippen LogP contribution in [0.25, 0.3) is 5.78 Å². The second-order valence-corrected chi connectivity index (χ2v) is 6.89. The molecule has 3 aromatic rings. The number of aryl methyl sites for hydroxylation is 2. The summed E-state index contributed by atoms with van der Waals surface area (Å²) in [5.74, 6) is -0.353. The van der Waals surface area contributed by atoms with E-state index >= 15 is 0 Å². The third-order valence-corrected chi connectivity index (χ3v) is 4.82. The molecule has 160 valence electrons. The summed E-state index contributed by atoms with van der Waals surface area (Å²) in [6.45, 7) is 3.51. The van der Waals surface area contributed by atoms with Gasteiger partial charge < -0.3 is 15.4 Å². The van der Waals surface area contributed by atoms with E-state index in [0.29, 0.717) is 17.9 Å². The molecule has 1 aromatic carbocycles. The van der Waals surface area contributed by atoms with Crippen LogP contribution in [0.4, 0.5) is 11.6 Å². The fourth-order valence-electron chi connectivity index (χ4n) is 3.27. The van der Waals surface area contributed by atoms with Crippen LogP contribution in [-0.2, 0) is 20.7 Å². The average molecular weight is 421 g/mol. The molecule has 0 radical (unpaired) electrons. The summed E-state index contributed by atoms with van der Waals surface area (Å²) < 4.78 is 6.73. The maximum absolute atomic E-state index is 12.6. The van der Waals surface area contributed by atoms with Gasteiger partial charge in [-0.05, 0) is 38.0 Å². The molecular weight excluding hydrogens is 398 g/mol. The van der Waals surface area contributed by atoms with Crippen LogP contribution >= 0.6 is 0 Å². The number of hydrogen-bond donors (Lipinski definition) is 1. The zero-order chi connectivity index (χ0) is 22.4. The van der Waals surface area contributed by atoms with Crippen LogP contribution in [-0.4, -0.2) is 44.6 Å². The number of fused-ring (bicyclic) bond motifs is 1.